The zero-order valence-electron chi connectivity index (χ0n) is 6.28. The van der Waals surface area contributed by atoms with E-state index in [-0.39, 0.29) is 0 Å². The molecule has 68 valence electrons. The van der Waals surface area contributed by atoms with Crippen LogP contribution in [0.25, 0.3) is 0 Å². The predicted octanol–water partition coefficient (Wildman–Crippen LogP) is -1.91. The lowest BCUT2D eigenvalue weighted by atomic mass is 10.1. The lowest BCUT2D eigenvalue weighted by Gasteiger charge is -2.27. The van der Waals surface area contributed by atoms with Crippen molar-refractivity contribution >= 4 is 11.9 Å². The van der Waals surface area contributed by atoms with Crippen LogP contribution in [0.5, 0.6) is 0 Å². The van der Waals surface area contributed by atoms with E-state index >= 15 is 0 Å². The maximum atomic E-state index is 10.5. The van der Waals surface area contributed by atoms with Gasteiger partial charge in [-0.25, -0.2) is 0 Å². The van der Waals surface area contributed by atoms with Gasteiger partial charge in [0.2, 0.25) is 0 Å². The number of carboxylic acid groups (broad SMARTS) is 2. The Bertz CT molecular complexity index is 184. The van der Waals surface area contributed by atoms with E-state index in [4.69, 9.17) is 10.2 Å². The molecule has 0 aliphatic carbocycles. The van der Waals surface area contributed by atoms with Gasteiger partial charge in [-0.1, -0.05) is 0 Å². The third-order valence-electron chi connectivity index (χ3n) is 1.72. The van der Waals surface area contributed by atoms with Crippen molar-refractivity contribution < 1.29 is 19.8 Å². The summed E-state index contributed by atoms with van der Waals surface area (Å²) in [5, 5.41) is 22.4. The molecule has 0 aromatic rings. The standard InChI is InChI=1S/C6H10N2O4/c9-5(10)3-4(6(11)12)8-2-1-7-3/h3-4,7-8H,1-2H2,(H,9,10)(H,11,12)/t3-,4-/m1/s1. The van der Waals surface area contributed by atoms with E-state index in [1.54, 1.807) is 0 Å². The third kappa shape index (κ3) is 1.72. The van der Waals surface area contributed by atoms with Crippen molar-refractivity contribution in [3.8, 4) is 0 Å². The molecule has 6 heteroatoms. The average molecular weight is 174 g/mol. The van der Waals surface area contributed by atoms with Gasteiger partial charge in [0, 0.05) is 13.1 Å². The molecule has 0 saturated carbocycles. The van der Waals surface area contributed by atoms with Crippen LogP contribution in [-0.4, -0.2) is 47.3 Å². The van der Waals surface area contributed by atoms with Gasteiger partial charge in [0.25, 0.3) is 0 Å². The van der Waals surface area contributed by atoms with E-state index in [2.05, 4.69) is 10.6 Å². The Morgan fingerprint density at radius 3 is 1.58 bits per heavy atom. The summed E-state index contributed by atoms with van der Waals surface area (Å²) >= 11 is 0. The highest BCUT2D eigenvalue weighted by Gasteiger charge is 2.35. The molecule has 1 rings (SSSR count). The van der Waals surface area contributed by atoms with Crippen LogP contribution in [0, 0.1) is 0 Å². The first-order valence-electron chi connectivity index (χ1n) is 3.55. The van der Waals surface area contributed by atoms with Crippen LogP contribution in [-0.2, 0) is 9.59 Å². The fourth-order valence-electron chi connectivity index (χ4n) is 1.15. The van der Waals surface area contributed by atoms with Gasteiger partial charge in [-0.3, -0.25) is 9.59 Å². The number of carboxylic acids is 2. The second-order valence-corrected chi connectivity index (χ2v) is 2.54. The van der Waals surface area contributed by atoms with Crippen LogP contribution >= 0.6 is 0 Å². The predicted molar refractivity (Wildman–Crippen MR) is 38.9 cm³/mol. The smallest absolute Gasteiger partial charge is 0.322 e. The zero-order valence-corrected chi connectivity index (χ0v) is 6.28. The summed E-state index contributed by atoms with van der Waals surface area (Å²) in [7, 11) is 0. The molecule has 0 aromatic carbocycles. The minimum atomic E-state index is -1.14. The Morgan fingerprint density at radius 1 is 1.00 bits per heavy atom. The van der Waals surface area contributed by atoms with Gasteiger partial charge in [0.05, 0.1) is 0 Å². The quantitative estimate of drug-likeness (QED) is 0.390. The van der Waals surface area contributed by atoms with E-state index in [0.29, 0.717) is 13.1 Å². The highest BCUT2D eigenvalue weighted by Crippen LogP contribution is 1.98. The maximum Gasteiger partial charge on any atom is 0.322 e. The van der Waals surface area contributed by atoms with Crippen LogP contribution < -0.4 is 10.6 Å². The molecule has 2 atom stereocenters. The van der Waals surface area contributed by atoms with Crippen molar-refractivity contribution in [2.24, 2.45) is 0 Å². The largest absolute Gasteiger partial charge is 0.480 e. The summed E-state index contributed by atoms with van der Waals surface area (Å²) in [6, 6.07) is -2.06. The van der Waals surface area contributed by atoms with Crippen molar-refractivity contribution in [2.45, 2.75) is 12.1 Å². The molecule has 1 heterocycles. The Kier molecular flexibility index (Phi) is 2.61. The Hall–Kier alpha value is -1.14. The molecule has 0 amide bonds. The number of carbonyl (C=O) groups is 2. The number of hydrogen-bond acceptors (Lipinski definition) is 4. The van der Waals surface area contributed by atoms with Crippen molar-refractivity contribution in [3.63, 3.8) is 0 Å². The monoisotopic (exact) mass is 174 g/mol. The van der Waals surface area contributed by atoms with Crippen molar-refractivity contribution in [1.82, 2.24) is 10.6 Å². The van der Waals surface area contributed by atoms with Crippen LogP contribution in [0.3, 0.4) is 0 Å². The van der Waals surface area contributed by atoms with E-state index in [9.17, 15) is 9.59 Å². The summed E-state index contributed by atoms with van der Waals surface area (Å²) in [4.78, 5) is 21.0. The molecule has 0 radical (unpaired) electrons. The van der Waals surface area contributed by atoms with Gasteiger partial charge in [-0.15, -0.1) is 0 Å². The number of rotatable bonds is 2. The topological polar surface area (TPSA) is 98.7 Å². The summed E-state index contributed by atoms with van der Waals surface area (Å²) in [5.74, 6) is -2.29. The molecule has 0 spiro atoms. The second-order valence-electron chi connectivity index (χ2n) is 2.54. The highest BCUT2D eigenvalue weighted by atomic mass is 16.4. The molecular weight excluding hydrogens is 164 g/mol. The second kappa shape index (κ2) is 3.51. The molecule has 0 bridgehead atoms. The van der Waals surface area contributed by atoms with Gasteiger partial charge in [0.1, 0.15) is 12.1 Å². The SMILES string of the molecule is O=C(O)[C@@H]1NCCN[C@H]1C(=O)O. The van der Waals surface area contributed by atoms with E-state index in [1.165, 1.54) is 0 Å². The number of hydrogen-bond donors (Lipinski definition) is 4. The van der Waals surface area contributed by atoms with Crippen LogP contribution in [0.15, 0.2) is 0 Å². The minimum absolute atomic E-state index is 0.473. The summed E-state index contributed by atoms with van der Waals surface area (Å²) in [5.41, 5.74) is 0. The van der Waals surface area contributed by atoms with Crippen LogP contribution in [0.1, 0.15) is 0 Å². The summed E-state index contributed by atoms with van der Waals surface area (Å²) < 4.78 is 0. The summed E-state index contributed by atoms with van der Waals surface area (Å²) in [6.07, 6.45) is 0. The molecule has 1 aliphatic heterocycles. The first kappa shape index (κ1) is 8.95. The summed E-state index contributed by atoms with van der Waals surface area (Å²) in [6.45, 7) is 0.946. The van der Waals surface area contributed by atoms with Gasteiger partial charge >= 0.3 is 11.9 Å². The molecular formula is C6H10N2O4. The van der Waals surface area contributed by atoms with Crippen LogP contribution in [0.2, 0.25) is 0 Å². The van der Waals surface area contributed by atoms with Crippen LogP contribution in [0.4, 0.5) is 0 Å². The van der Waals surface area contributed by atoms with Crippen molar-refractivity contribution in [3.05, 3.63) is 0 Å². The molecule has 0 unspecified atom stereocenters. The maximum absolute atomic E-state index is 10.5. The molecule has 6 nitrogen and oxygen atoms in total. The lowest BCUT2D eigenvalue weighted by Crippen LogP contribution is -2.62. The van der Waals surface area contributed by atoms with Gasteiger partial charge in [-0.05, 0) is 0 Å². The molecule has 1 saturated heterocycles. The number of aliphatic carboxylic acids is 2. The molecule has 1 fully saturated rings. The fraction of sp³-hybridized carbons (Fsp3) is 0.667. The molecule has 0 aromatic heterocycles. The molecule has 4 N–H and O–H groups in total. The minimum Gasteiger partial charge on any atom is -0.480 e. The van der Waals surface area contributed by atoms with Gasteiger partial charge in [0.15, 0.2) is 0 Å². The van der Waals surface area contributed by atoms with E-state index < -0.39 is 24.0 Å². The fourth-order valence-corrected chi connectivity index (χ4v) is 1.15. The molecule has 1 aliphatic rings. The normalized spacial score (nSPS) is 29.7. The van der Waals surface area contributed by atoms with Gasteiger partial charge < -0.3 is 20.8 Å². The number of nitrogens with one attached hydrogen (secondary N) is 2. The lowest BCUT2D eigenvalue weighted by molar-refractivity contribution is -0.149. The van der Waals surface area contributed by atoms with E-state index in [1.807, 2.05) is 0 Å². The first-order valence-corrected chi connectivity index (χ1v) is 3.55. The Labute approximate surface area is 68.6 Å². The Morgan fingerprint density at radius 2 is 1.33 bits per heavy atom. The van der Waals surface area contributed by atoms with Gasteiger partial charge in [-0.2, -0.15) is 0 Å². The zero-order chi connectivity index (χ0) is 9.14. The highest BCUT2D eigenvalue weighted by molar-refractivity contribution is 5.85. The number of piperazine rings is 1. The van der Waals surface area contributed by atoms with Crippen molar-refractivity contribution in [2.75, 3.05) is 13.1 Å². The third-order valence-corrected chi connectivity index (χ3v) is 1.72. The first-order chi connectivity index (χ1) is 5.63. The average Bonchev–Trinajstić information content (AvgIpc) is 2.04. The van der Waals surface area contributed by atoms with E-state index in [0.717, 1.165) is 0 Å². The van der Waals surface area contributed by atoms with Crippen molar-refractivity contribution in [1.29, 1.82) is 0 Å². The molecule has 12 heavy (non-hydrogen) atoms. The Balaban J connectivity index is 2.67.